The molecule has 2 unspecified atom stereocenters. The van der Waals surface area contributed by atoms with Gasteiger partial charge in [0.25, 0.3) is 0 Å². The minimum absolute atomic E-state index is 0.0533. The smallest absolute Gasteiger partial charge is 0.462 e. The number of phosphoric acid groups is 1. The number of rotatable bonds is 70. The zero-order valence-corrected chi connectivity index (χ0v) is 57.9. The summed E-state index contributed by atoms with van der Waals surface area (Å²) in [4.78, 5) is 35.4. The third kappa shape index (κ3) is 72.1. The van der Waals surface area contributed by atoms with Gasteiger partial charge >= 0.3 is 19.8 Å². The first kappa shape index (κ1) is 84.2. The molecule has 87 heavy (non-hydrogen) atoms. The van der Waals surface area contributed by atoms with E-state index in [4.69, 9.17) is 24.3 Å². The number of esters is 2. The second kappa shape index (κ2) is 72.3. The average molecular weight is 1240 g/mol. The van der Waals surface area contributed by atoms with Crippen molar-refractivity contribution in [3.05, 3.63) is 85.1 Å². The van der Waals surface area contributed by atoms with Crippen LogP contribution in [0.25, 0.3) is 0 Å². The van der Waals surface area contributed by atoms with Gasteiger partial charge in [0.15, 0.2) is 6.10 Å². The molecule has 0 aliphatic rings. The molecule has 0 aromatic rings. The van der Waals surface area contributed by atoms with Crippen LogP contribution in [0.1, 0.15) is 361 Å². The lowest BCUT2D eigenvalue weighted by molar-refractivity contribution is -0.161. The molecule has 10 heteroatoms. The molecule has 0 fully saturated rings. The van der Waals surface area contributed by atoms with Gasteiger partial charge in [-0.1, -0.05) is 343 Å². The van der Waals surface area contributed by atoms with E-state index >= 15 is 0 Å². The largest absolute Gasteiger partial charge is 0.472 e. The van der Waals surface area contributed by atoms with Crippen LogP contribution in [0.5, 0.6) is 0 Å². The van der Waals surface area contributed by atoms with Crippen molar-refractivity contribution in [2.75, 3.05) is 26.4 Å². The van der Waals surface area contributed by atoms with E-state index in [2.05, 4.69) is 98.9 Å². The maximum Gasteiger partial charge on any atom is 0.472 e. The SMILES string of the molecule is CC/C=C\C/C=C\C/C=C\C/C=C\C/C=C\CCCCCCCCCCCCCCCCCCCC(=O)OC(COC(=O)CCCCCCCCCCCCCCCCCCCCCCC/C=C\C/C=C\CCCCCCC)COP(=O)(O)OCCN. The lowest BCUT2D eigenvalue weighted by Crippen LogP contribution is -2.29. The summed E-state index contributed by atoms with van der Waals surface area (Å²) in [6, 6.07) is 0. The molecule has 0 aliphatic heterocycles. The Labute approximate surface area is 538 Å². The summed E-state index contributed by atoms with van der Waals surface area (Å²) in [6.07, 6.45) is 96.9. The summed E-state index contributed by atoms with van der Waals surface area (Å²) < 4.78 is 33.2. The van der Waals surface area contributed by atoms with Gasteiger partial charge in [-0.3, -0.25) is 18.6 Å². The fourth-order valence-corrected chi connectivity index (χ4v) is 11.6. The van der Waals surface area contributed by atoms with Gasteiger partial charge in [-0.05, 0) is 89.9 Å². The molecule has 0 bridgehead atoms. The molecule has 0 aromatic heterocycles. The van der Waals surface area contributed by atoms with Crippen molar-refractivity contribution in [2.24, 2.45) is 5.73 Å². The molecule has 0 aromatic carbocycles. The molecule has 3 N–H and O–H groups in total. The van der Waals surface area contributed by atoms with Crippen molar-refractivity contribution in [1.29, 1.82) is 0 Å². The minimum Gasteiger partial charge on any atom is -0.462 e. The summed E-state index contributed by atoms with van der Waals surface area (Å²) in [6.45, 7) is 3.67. The van der Waals surface area contributed by atoms with E-state index in [1.807, 2.05) is 0 Å². The Balaban J connectivity index is 3.82. The molecule has 0 radical (unpaired) electrons. The second-order valence-corrected chi connectivity index (χ2v) is 26.2. The van der Waals surface area contributed by atoms with Gasteiger partial charge in [-0.15, -0.1) is 0 Å². The topological polar surface area (TPSA) is 134 Å². The summed E-state index contributed by atoms with van der Waals surface area (Å²) in [5.74, 6) is -0.811. The Hall–Kier alpha value is -2.81. The summed E-state index contributed by atoms with van der Waals surface area (Å²) in [5.41, 5.74) is 5.41. The second-order valence-electron chi connectivity index (χ2n) is 24.8. The number of carbonyl (C=O) groups is 2. The van der Waals surface area contributed by atoms with Crippen molar-refractivity contribution in [1.82, 2.24) is 0 Å². The minimum atomic E-state index is -4.40. The quantitative estimate of drug-likeness (QED) is 0.0264. The van der Waals surface area contributed by atoms with Gasteiger partial charge in [-0.25, -0.2) is 4.57 Å². The fourth-order valence-electron chi connectivity index (χ4n) is 10.8. The molecular formula is C77H140NO8P. The van der Waals surface area contributed by atoms with E-state index in [-0.39, 0.29) is 38.6 Å². The van der Waals surface area contributed by atoms with Crippen LogP contribution in [0.15, 0.2) is 85.1 Å². The average Bonchev–Trinajstić information content (AvgIpc) is 3.64. The zero-order chi connectivity index (χ0) is 63.0. The van der Waals surface area contributed by atoms with E-state index in [1.165, 1.54) is 250 Å². The highest BCUT2D eigenvalue weighted by atomic mass is 31.2. The van der Waals surface area contributed by atoms with Crippen LogP contribution in [0.4, 0.5) is 0 Å². The Morgan fingerprint density at radius 1 is 0.356 bits per heavy atom. The molecule has 0 rings (SSSR count). The van der Waals surface area contributed by atoms with Crippen LogP contribution >= 0.6 is 7.82 Å². The van der Waals surface area contributed by atoms with Crippen LogP contribution in [0.2, 0.25) is 0 Å². The van der Waals surface area contributed by atoms with Crippen molar-refractivity contribution in [3.8, 4) is 0 Å². The predicted octanol–water partition coefficient (Wildman–Crippen LogP) is 24.5. The molecule has 9 nitrogen and oxygen atoms in total. The molecular weight excluding hydrogens is 1100 g/mol. The molecule has 0 saturated carbocycles. The predicted molar refractivity (Wildman–Crippen MR) is 376 cm³/mol. The summed E-state index contributed by atoms with van der Waals surface area (Å²) in [7, 11) is -4.40. The maximum atomic E-state index is 12.8. The van der Waals surface area contributed by atoms with Gasteiger partial charge in [0.1, 0.15) is 6.61 Å². The zero-order valence-electron chi connectivity index (χ0n) is 57.0. The molecule has 506 valence electrons. The normalized spacial score (nSPS) is 13.4. The van der Waals surface area contributed by atoms with Gasteiger partial charge in [-0.2, -0.15) is 0 Å². The first-order chi connectivity index (χ1) is 42.8. The Kier molecular flexibility index (Phi) is 69.9. The van der Waals surface area contributed by atoms with Crippen LogP contribution in [0, 0.1) is 0 Å². The molecule has 0 amide bonds. The lowest BCUT2D eigenvalue weighted by Gasteiger charge is -2.19. The van der Waals surface area contributed by atoms with Crippen molar-refractivity contribution in [3.63, 3.8) is 0 Å². The third-order valence-electron chi connectivity index (χ3n) is 16.3. The lowest BCUT2D eigenvalue weighted by atomic mass is 10.0. The highest BCUT2D eigenvalue weighted by Crippen LogP contribution is 2.43. The van der Waals surface area contributed by atoms with Gasteiger partial charge in [0.05, 0.1) is 13.2 Å². The van der Waals surface area contributed by atoms with Crippen LogP contribution < -0.4 is 5.73 Å². The van der Waals surface area contributed by atoms with E-state index in [0.717, 1.165) is 77.0 Å². The van der Waals surface area contributed by atoms with E-state index in [9.17, 15) is 19.0 Å². The highest BCUT2D eigenvalue weighted by molar-refractivity contribution is 7.47. The fraction of sp³-hybridized carbons (Fsp3) is 0.792. The number of hydrogen-bond donors (Lipinski definition) is 2. The number of hydrogen-bond acceptors (Lipinski definition) is 8. The number of phosphoric ester groups is 1. The molecule has 0 saturated heterocycles. The van der Waals surface area contributed by atoms with Gasteiger partial charge in [0, 0.05) is 19.4 Å². The Morgan fingerprint density at radius 2 is 0.632 bits per heavy atom. The first-order valence-electron chi connectivity index (χ1n) is 37.1. The monoisotopic (exact) mass is 1240 g/mol. The molecule has 2 atom stereocenters. The number of allylic oxidation sites excluding steroid dienone is 14. The van der Waals surface area contributed by atoms with Gasteiger partial charge < -0.3 is 20.1 Å². The Morgan fingerprint density at radius 3 is 0.943 bits per heavy atom. The number of ether oxygens (including phenoxy) is 2. The van der Waals surface area contributed by atoms with Crippen LogP contribution in [0.3, 0.4) is 0 Å². The first-order valence-corrected chi connectivity index (χ1v) is 38.6. The third-order valence-corrected chi connectivity index (χ3v) is 17.2. The standard InChI is InChI=1S/C77H140NO8P/c1-3-5-7-9-11-13-15-17-19-21-23-25-27-29-31-33-35-37-39-41-43-45-47-49-51-53-55-57-59-61-63-65-67-69-76(79)83-73-75(74-85-87(81,82)84-72-71-78)86-77(80)70-68-66-64-62-60-58-56-54-52-50-48-46-44-42-40-38-36-34-32-30-28-26-24-22-20-18-16-14-12-10-8-6-4-2/h6,8,12,14-15,17-18,20-21,23-24,26,30,32,75H,3-5,7,9-11,13,16,19,22,25,27-29,31,33-74,78H2,1-2H3,(H,81,82)/b8-6-,14-12-,17-15-,20-18-,23-21-,26-24-,32-30-. The number of carbonyl (C=O) groups excluding carboxylic acids is 2. The van der Waals surface area contributed by atoms with E-state index in [0.29, 0.717) is 6.42 Å². The number of nitrogens with two attached hydrogens (primary N) is 1. The van der Waals surface area contributed by atoms with Crippen molar-refractivity contribution >= 4 is 19.8 Å². The van der Waals surface area contributed by atoms with Crippen molar-refractivity contribution in [2.45, 2.75) is 367 Å². The Bertz CT molecular complexity index is 1700. The highest BCUT2D eigenvalue weighted by Gasteiger charge is 2.26. The van der Waals surface area contributed by atoms with E-state index in [1.54, 1.807) is 0 Å². The maximum absolute atomic E-state index is 12.8. The van der Waals surface area contributed by atoms with Crippen LogP contribution in [-0.4, -0.2) is 49.3 Å². The van der Waals surface area contributed by atoms with Gasteiger partial charge in [0.2, 0.25) is 0 Å². The molecule has 0 aliphatic carbocycles. The van der Waals surface area contributed by atoms with Crippen molar-refractivity contribution < 1.29 is 37.6 Å². The van der Waals surface area contributed by atoms with Crippen LogP contribution in [-0.2, 0) is 32.7 Å². The summed E-state index contributed by atoms with van der Waals surface area (Å²) >= 11 is 0. The summed E-state index contributed by atoms with van der Waals surface area (Å²) in [5, 5.41) is 0. The van der Waals surface area contributed by atoms with E-state index < -0.39 is 26.5 Å². The molecule has 0 spiro atoms. The molecule has 0 heterocycles. The number of unbranched alkanes of at least 4 members (excludes halogenated alkanes) is 43.